The number of pyridine rings is 1. The van der Waals surface area contributed by atoms with Crippen molar-refractivity contribution in [3.8, 4) is 12.3 Å². The highest BCUT2D eigenvalue weighted by atomic mass is 35.5. The summed E-state index contributed by atoms with van der Waals surface area (Å²) in [6, 6.07) is 2.67. The molecule has 15 heavy (non-hydrogen) atoms. The highest BCUT2D eigenvalue weighted by Crippen LogP contribution is 2.23. The molecule has 0 fully saturated rings. The van der Waals surface area contributed by atoms with Gasteiger partial charge in [-0.05, 0) is 6.07 Å². The molecule has 1 aromatic heterocycles. The van der Waals surface area contributed by atoms with Gasteiger partial charge < -0.3 is 5.32 Å². The van der Waals surface area contributed by atoms with Crippen LogP contribution in [0.2, 0.25) is 5.15 Å². The number of nitrogens with one attached hydrogen (secondary N) is 1. The van der Waals surface area contributed by atoms with Gasteiger partial charge in [0.25, 0.3) is 0 Å². The molecule has 0 radical (unpaired) electrons. The molecule has 1 rings (SSSR count). The number of nitro groups is 1. The molecule has 1 N–H and O–H groups in total. The average Bonchev–Trinajstić information content (AvgIpc) is 2.18. The molecule has 0 saturated carbocycles. The van der Waals surface area contributed by atoms with Crippen molar-refractivity contribution in [3.05, 3.63) is 27.4 Å². The Labute approximate surface area is 91.6 Å². The van der Waals surface area contributed by atoms with Gasteiger partial charge in [-0.25, -0.2) is 4.98 Å². The molecule has 1 aromatic rings. The second-order valence-electron chi connectivity index (χ2n) is 2.64. The van der Waals surface area contributed by atoms with Crippen molar-refractivity contribution < 1.29 is 4.92 Å². The molecular weight excluding hydrogens is 218 g/mol. The Morgan fingerprint density at radius 1 is 1.67 bits per heavy atom. The Kier molecular flexibility index (Phi) is 3.89. The zero-order chi connectivity index (χ0) is 11.3. The topological polar surface area (TPSA) is 68.1 Å². The van der Waals surface area contributed by atoms with E-state index in [0.717, 1.165) is 0 Å². The Balaban J connectivity index is 2.88. The highest BCUT2D eigenvalue weighted by Gasteiger charge is 2.14. The van der Waals surface area contributed by atoms with Crippen molar-refractivity contribution >= 4 is 23.1 Å². The third kappa shape index (κ3) is 3.11. The lowest BCUT2D eigenvalue weighted by Crippen LogP contribution is -2.05. The summed E-state index contributed by atoms with van der Waals surface area (Å²) in [6.45, 7) is 0.421. The van der Waals surface area contributed by atoms with Crippen molar-refractivity contribution in [2.45, 2.75) is 6.42 Å². The van der Waals surface area contributed by atoms with E-state index in [0.29, 0.717) is 13.0 Å². The summed E-state index contributed by atoms with van der Waals surface area (Å²) in [5.74, 6) is 2.55. The summed E-state index contributed by atoms with van der Waals surface area (Å²) in [4.78, 5) is 13.9. The molecule has 0 atom stereocenters. The summed E-state index contributed by atoms with van der Waals surface area (Å²) in [7, 11) is 0. The SMILES string of the molecule is C#CCCNc1nc(Cl)ccc1[N+](=O)[O-]. The quantitative estimate of drug-likeness (QED) is 0.280. The summed E-state index contributed by atoms with van der Waals surface area (Å²) >= 11 is 5.62. The third-order valence-electron chi connectivity index (χ3n) is 1.60. The van der Waals surface area contributed by atoms with Gasteiger partial charge in [0.2, 0.25) is 5.82 Å². The number of hydrogen-bond acceptors (Lipinski definition) is 4. The largest absolute Gasteiger partial charge is 0.363 e. The summed E-state index contributed by atoms with van der Waals surface area (Å²) < 4.78 is 0. The maximum absolute atomic E-state index is 10.6. The Morgan fingerprint density at radius 2 is 2.40 bits per heavy atom. The van der Waals surface area contributed by atoms with Crippen molar-refractivity contribution in [1.29, 1.82) is 0 Å². The number of hydrogen-bond donors (Lipinski definition) is 1. The molecule has 0 spiro atoms. The first-order valence-corrected chi connectivity index (χ1v) is 4.51. The lowest BCUT2D eigenvalue weighted by molar-refractivity contribution is -0.384. The Hall–Kier alpha value is -1.80. The lowest BCUT2D eigenvalue weighted by Gasteiger charge is -2.03. The zero-order valence-electron chi connectivity index (χ0n) is 7.74. The fourth-order valence-corrected chi connectivity index (χ4v) is 1.11. The first-order chi connectivity index (χ1) is 7.15. The minimum atomic E-state index is -0.526. The molecule has 78 valence electrons. The van der Waals surface area contributed by atoms with Crippen LogP contribution in [0.3, 0.4) is 0 Å². The van der Waals surface area contributed by atoms with Crippen LogP contribution in [0.4, 0.5) is 11.5 Å². The van der Waals surface area contributed by atoms with Gasteiger partial charge in [-0.1, -0.05) is 11.6 Å². The van der Waals surface area contributed by atoms with Crippen LogP contribution in [-0.2, 0) is 0 Å². The van der Waals surface area contributed by atoms with Crippen LogP contribution in [0, 0.1) is 22.5 Å². The minimum Gasteiger partial charge on any atom is -0.363 e. The van der Waals surface area contributed by atoms with E-state index in [1.165, 1.54) is 12.1 Å². The third-order valence-corrected chi connectivity index (χ3v) is 1.81. The number of rotatable bonds is 4. The fraction of sp³-hybridized carbons (Fsp3) is 0.222. The molecule has 1 heterocycles. The van der Waals surface area contributed by atoms with Gasteiger partial charge in [-0.15, -0.1) is 12.3 Å². The van der Waals surface area contributed by atoms with E-state index in [9.17, 15) is 10.1 Å². The second-order valence-corrected chi connectivity index (χ2v) is 3.03. The molecule has 0 aliphatic carbocycles. The highest BCUT2D eigenvalue weighted by molar-refractivity contribution is 6.29. The van der Waals surface area contributed by atoms with Crippen LogP contribution in [0.1, 0.15) is 6.42 Å². The molecule has 5 nitrogen and oxygen atoms in total. The predicted octanol–water partition coefficient (Wildman–Crippen LogP) is 2.08. The van der Waals surface area contributed by atoms with Gasteiger partial charge in [0.15, 0.2) is 0 Å². The van der Waals surface area contributed by atoms with Crippen molar-refractivity contribution in [2.75, 3.05) is 11.9 Å². The van der Waals surface area contributed by atoms with Crippen molar-refractivity contribution in [2.24, 2.45) is 0 Å². The molecule has 0 amide bonds. The number of nitrogens with zero attached hydrogens (tertiary/aromatic N) is 2. The summed E-state index contributed by atoms with van der Waals surface area (Å²) in [5, 5.41) is 13.6. The number of aromatic nitrogens is 1. The van der Waals surface area contributed by atoms with Crippen LogP contribution < -0.4 is 5.32 Å². The molecule has 6 heteroatoms. The standard InChI is InChI=1S/C9H8ClN3O2/c1-2-3-6-11-9-7(13(14)15)4-5-8(10)12-9/h1,4-5H,3,6H2,(H,11,12). The van der Waals surface area contributed by atoms with E-state index in [-0.39, 0.29) is 16.7 Å². The fourth-order valence-electron chi connectivity index (χ4n) is 0.958. The normalized spacial score (nSPS) is 9.33. The van der Waals surface area contributed by atoms with Gasteiger partial charge >= 0.3 is 5.69 Å². The van der Waals surface area contributed by atoms with Crippen molar-refractivity contribution in [3.63, 3.8) is 0 Å². The monoisotopic (exact) mass is 225 g/mol. The van der Waals surface area contributed by atoms with Crippen LogP contribution in [0.5, 0.6) is 0 Å². The first-order valence-electron chi connectivity index (χ1n) is 4.13. The van der Waals surface area contributed by atoms with Gasteiger partial charge in [0, 0.05) is 19.0 Å². The van der Waals surface area contributed by atoms with Gasteiger partial charge in [0.05, 0.1) is 4.92 Å². The molecular formula is C9H8ClN3O2. The molecule has 0 saturated heterocycles. The number of halogens is 1. The predicted molar refractivity (Wildman–Crippen MR) is 57.8 cm³/mol. The Morgan fingerprint density at radius 3 is 3.00 bits per heavy atom. The van der Waals surface area contributed by atoms with Gasteiger partial charge in [0.1, 0.15) is 5.15 Å². The van der Waals surface area contributed by atoms with Gasteiger partial charge in [-0.3, -0.25) is 10.1 Å². The summed E-state index contributed by atoms with van der Waals surface area (Å²) in [6.07, 6.45) is 5.51. The van der Waals surface area contributed by atoms with Crippen LogP contribution in [0.25, 0.3) is 0 Å². The smallest absolute Gasteiger partial charge is 0.311 e. The average molecular weight is 226 g/mol. The molecule has 0 unspecified atom stereocenters. The van der Waals surface area contributed by atoms with E-state index < -0.39 is 4.92 Å². The lowest BCUT2D eigenvalue weighted by atomic mass is 10.3. The molecule has 0 bridgehead atoms. The molecule has 0 aromatic carbocycles. The first kappa shape index (κ1) is 11.3. The van der Waals surface area contributed by atoms with E-state index >= 15 is 0 Å². The molecule has 0 aliphatic rings. The van der Waals surface area contributed by atoms with E-state index in [1.807, 2.05) is 0 Å². The number of terminal acetylenes is 1. The van der Waals surface area contributed by atoms with Gasteiger partial charge in [-0.2, -0.15) is 0 Å². The van der Waals surface area contributed by atoms with Crippen LogP contribution in [-0.4, -0.2) is 16.5 Å². The van der Waals surface area contributed by atoms with E-state index in [4.69, 9.17) is 18.0 Å². The maximum Gasteiger partial charge on any atom is 0.311 e. The van der Waals surface area contributed by atoms with E-state index in [1.54, 1.807) is 0 Å². The minimum absolute atomic E-state index is 0.114. The molecule has 0 aliphatic heterocycles. The Bertz CT molecular complexity index is 414. The summed E-state index contributed by atoms with van der Waals surface area (Å²) in [5.41, 5.74) is -0.114. The maximum atomic E-state index is 10.6. The number of anilines is 1. The zero-order valence-corrected chi connectivity index (χ0v) is 8.49. The van der Waals surface area contributed by atoms with E-state index in [2.05, 4.69) is 16.2 Å². The second kappa shape index (κ2) is 5.17. The van der Waals surface area contributed by atoms with Crippen LogP contribution >= 0.6 is 11.6 Å². The van der Waals surface area contributed by atoms with Crippen LogP contribution in [0.15, 0.2) is 12.1 Å². The van der Waals surface area contributed by atoms with Crippen molar-refractivity contribution in [1.82, 2.24) is 4.98 Å².